The Hall–Kier alpha value is -1.46. The van der Waals surface area contributed by atoms with Crippen molar-refractivity contribution in [1.29, 1.82) is 0 Å². The highest BCUT2D eigenvalue weighted by Crippen LogP contribution is 2.38. The first kappa shape index (κ1) is 20.6. The van der Waals surface area contributed by atoms with Crippen LogP contribution in [0.5, 0.6) is 0 Å². The molecule has 1 aliphatic rings. The molecular weight excluding hydrogens is 308 g/mol. The van der Waals surface area contributed by atoms with Crippen molar-refractivity contribution in [2.75, 3.05) is 7.11 Å². The fourth-order valence-electron chi connectivity index (χ4n) is 2.92. The number of hydrogen-bond donors (Lipinski definition) is 0. The van der Waals surface area contributed by atoms with E-state index in [2.05, 4.69) is 19.9 Å². The van der Waals surface area contributed by atoms with E-state index in [0.717, 1.165) is 31.3 Å². The Kier molecular flexibility index (Phi) is 8.36. The van der Waals surface area contributed by atoms with Gasteiger partial charge in [0.1, 0.15) is 11.7 Å². The number of allylic oxidation sites excluding steroid dienone is 3. The van der Waals surface area contributed by atoms with Gasteiger partial charge in [0.15, 0.2) is 5.78 Å². The predicted molar refractivity (Wildman–Crippen MR) is 92.2 cm³/mol. The van der Waals surface area contributed by atoms with Crippen LogP contribution in [0.4, 0.5) is 0 Å². The minimum atomic E-state index is -0.528. The first-order valence-corrected chi connectivity index (χ1v) is 8.71. The summed E-state index contributed by atoms with van der Waals surface area (Å²) in [5.41, 5.74) is 0.511. The molecule has 5 nitrogen and oxygen atoms in total. The highest BCUT2D eigenvalue weighted by molar-refractivity contribution is 5.87. The van der Waals surface area contributed by atoms with Crippen LogP contribution in [-0.4, -0.2) is 30.6 Å². The van der Waals surface area contributed by atoms with E-state index in [1.54, 1.807) is 6.08 Å². The van der Waals surface area contributed by atoms with Crippen LogP contribution in [0.3, 0.4) is 0 Å². The Morgan fingerprint density at radius 3 is 2.46 bits per heavy atom. The standard InChI is InChI=1S/C19H30O5/c1-6-15(10-9-14(4)20)12-19(8-3)13-16(7-2)17(23-24-19)11-18(21)22-5/h9-10,12,16-17H,6-8,11,13H2,1-5H3. The predicted octanol–water partition coefficient (Wildman–Crippen LogP) is 3.93. The average Bonchev–Trinajstić information content (AvgIpc) is 2.59. The topological polar surface area (TPSA) is 61.8 Å². The second kappa shape index (κ2) is 9.74. The summed E-state index contributed by atoms with van der Waals surface area (Å²) in [6.07, 6.45) is 8.61. The highest BCUT2D eigenvalue weighted by atomic mass is 17.2. The number of carbonyl (C=O) groups is 2. The van der Waals surface area contributed by atoms with Crippen molar-refractivity contribution in [3.63, 3.8) is 0 Å². The zero-order valence-electron chi connectivity index (χ0n) is 15.5. The smallest absolute Gasteiger partial charge is 0.308 e. The summed E-state index contributed by atoms with van der Waals surface area (Å²) in [4.78, 5) is 34.0. The van der Waals surface area contributed by atoms with E-state index in [-0.39, 0.29) is 30.2 Å². The second-order valence-corrected chi connectivity index (χ2v) is 6.31. The van der Waals surface area contributed by atoms with Crippen LogP contribution in [0, 0.1) is 5.92 Å². The lowest BCUT2D eigenvalue weighted by Gasteiger charge is -2.41. The van der Waals surface area contributed by atoms with Gasteiger partial charge in [0, 0.05) is 0 Å². The van der Waals surface area contributed by atoms with Gasteiger partial charge >= 0.3 is 5.97 Å². The van der Waals surface area contributed by atoms with E-state index < -0.39 is 5.60 Å². The van der Waals surface area contributed by atoms with Crippen LogP contribution >= 0.6 is 0 Å². The molecule has 5 heteroatoms. The van der Waals surface area contributed by atoms with Gasteiger partial charge in [-0.1, -0.05) is 33.3 Å². The van der Waals surface area contributed by atoms with Gasteiger partial charge in [0.25, 0.3) is 0 Å². The fraction of sp³-hybridized carbons (Fsp3) is 0.684. The van der Waals surface area contributed by atoms with Crippen molar-refractivity contribution in [3.8, 4) is 0 Å². The maximum atomic E-state index is 11.5. The molecule has 0 saturated carbocycles. The third kappa shape index (κ3) is 5.87. The van der Waals surface area contributed by atoms with Crippen LogP contribution in [0.1, 0.15) is 59.8 Å². The molecule has 1 fully saturated rings. The van der Waals surface area contributed by atoms with Crippen molar-refractivity contribution in [3.05, 3.63) is 23.8 Å². The first-order chi connectivity index (χ1) is 11.4. The molecule has 0 N–H and O–H groups in total. The number of ketones is 1. The Morgan fingerprint density at radius 2 is 1.96 bits per heavy atom. The third-order valence-electron chi connectivity index (χ3n) is 4.58. The minimum absolute atomic E-state index is 0.0188. The Bertz CT molecular complexity index is 494. The molecule has 1 aliphatic heterocycles. The molecule has 0 aromatic rings. The van der Waals surface area contributed by atoms with E-state index in [1.807, 2.05) is 13.0 Å². The number of rotatable bonds is 8. The van der Waals surface area contributed by atoms with Crippen molar-refractivity contribution >= 4 is 11.8 Å². The second-order valence-electron chi connectivity index (χ2n) is 6.31. The summed E-state index contributed by atoms with van der Waals surface area (Å²) in [7, 11) is 1.38. The number of methoxy groups -OCH3 is 1. The number of esters is 1. The lowest BCUT2D eigenvalue weighted by molar-refractivity contribution is -0.409. The molecule has 0 aromatic heterocycles. The van der Waals surface area contributed by atoms with E-state index in [4.69, 9.17) is 14.5 Å². The lowest BCUT2D eigenvalue weighted by Crippen LogP contribution is -2.44. The van der Waals surface area contributed by atoms with E-state index >= 15 is 0 Å². The maximum absolute atomic E-state index is 11.5. The summed E-state index contributed by atoms with van der Waals surface area (Å²) < 4.78 is 4.73. The molecule has 3 atom stereocenters. The van der Waals surface area contributed by atoms with Gasteiger partial charge in [-0.15, -0.1) is 0 Å². The molecular formula is C19H30O5. The van der Waals surface area contributed by atoms with E-state index in [1.165, 1.54) is 14.0 Å². The van der Waals surface area contributed by atoms with Crippen LogP contribution in [-0.2, 0) is 24.1 Å². The molecule has 0 spiro atoms. The Balaban J connectivity index is 2.95. The van der Waals surface area contributed by atoms with Gasteiger partial charge in [-0.25, -0.2) is 9.78 Å². The number of ether oxygens (including phenoxy) is 1. The Labute approximate surface area is 145 Å². The summed E-state index contributed by atoms with van der Waals surface area (Å²) in [6.45, 7) is 7.71. The molecule has 1 rings (SSSR count). The highest BCUT2D eigenvalue weighted by Gasteiger charge is 2.41. The van der Waals surface area contributed by atoms with Crippen molar-refractivity contribution < 1.29 is 24.1 Å². The van der Waals surface area contributed by atoms with Gasteiger partial charge in [0.2, 0.25) is 0 Å². The fourth-order valence-corrected chi connectivity index (χ4v) is 2.92. The van der Waals surface area contributed by atoms with Crippen LogP contribution in [0.15, 0.2) is 23.8 Å². The molecule has 1 saturated heterocycles. The van der Waals surface area contributed by atoms with Crippen molar-refractivity contribution in [2.24, 2.45) is 5.92 Å². The summed E-state index contributed by atoms with van der Waals surface area (Å²) >= 11 is 0. The zero-order chi connectivity index (χ0) is 18.2. The largest absolute Gasteiger partial charge is 0.469 e. The molecule has 3 unspecified atom stereocenters. The molecule has 0 radical (unpaired) electrons. The maximum Gasteiger partial charge on any atom is 0.308 e. The van der Waals surface area contributed by atoms with Crippen LogP contribution in [0.25, 0.3) is 0 Å². The number of hydrogen-bond acceptors (Lipinski definition) is 5. The SMILES string of the molecule is CCC(C=CC(C)=O)=CC1(CC)CC(CC)C(CC(=O)OC)OO1. The van der Waals surface area contributed by atoms with E-state index in [9.17, 15) is 9.59 Å². The molecule has 24 heavy (non-hydrogen) atoms. The monoisotopic (exact) mass is 338 g/mol. The minimum Gasteiger partial charge on any atom is -0.469 e. The average molecular weight is 338 g/mol. The first-order valence-electron chi connectivity index (χ1n) is 8.71. The van der Waals surface area contributed by atoms with Crippen molar-refractivity contribution in [2.45, 2.75) is 71.5 Å². The third-order valence-corrected chi connectivity index (χ3v) is 4.58. The Morgan fingerprint density at radius 1 is 1.25 bits per heavy atom. The van der Waals surface area contributed by atoms with Gasteiger partial charge in [-0.3, -0.25) is 9.59 Å². The molecule has 1 heterocycles. The van der Waals surface area contributed by atoms with Gasteiger partial charge < -0.3 is 4.74 Å². The molecule has 0 aromatic carbocycles. The van der Waals surface area contributed by atoms with Crippen LogP contribution in [0.2, 0.25) is 0 Å². The van der Waals surface area contributed by atoms with Crippen molar-refractivity contribution in [1.82, 2.24) is 0 Å². The molecule has 0 amide bonds. The van der Waals surface area contributed by atoms with Gasteiger partial charge in [0.05, 0.1) is 13.5 Å². The molecule has 0 bridgehead atoms. The van der Waals surface area contributed by atoms with Gasteiger partial charge in [-0.05, 0) is 49.8 Å². The lowest BCUT2D eigenvalue weighted by atomic mass is 9.81. The summed E-state index contributed by atoms with van der Waals surface area (Å²) in [6, 6.07) is 0. The quantitative estimate of drug-likeness (QED) is 0.290. The zero-order valence-corrected chi connectivity index (χ0v) is 15.5. The van der Waals surface area contributed by atoms with Gasteiger partial charge in [-0.2, -0.15) is 0 Å². The van der Waals surface area contributed by atoms with Crippen LogP contribution < -0.4 is 0 Å². The summed E-state index contributed by atoms with van der Waals surface area (Å²) in [5, 5.41) is 0. The normalized spacial score (nSPS) is 28.1. The molecule has 0 aliphatic carbocycles. The number of carbonyl (C=O) groups excluding carboxylic acids is 2. The molecule has 136 valence electrons. The summed E-state index contributed by atoms with van der Waals surface area (Å²) in [5.74, 6) is -0.0607. The van der Waals surface area contributed by atoms with E-state index in [0.29, 0.717) is 0 Å².